The highest BCUT2D eigenvalue weighted by atomic mass is 31.3. The van der Waals surface area contributed by atoms with Gasteiger partial charge in [-0.05, 0) is 0 Å². The standard InChI is InChI=1S/C4H12N.F3OP/c2*1-5(2,3)4/h1-4H3;/q+1;. The largest absolute Gasteiger partial charge is 0.591 e. The van der Waals surface area contributed by atoms with Gasteiger partial charge in [-0.15, -0.1) is 12.6 Å². The molecule has 64 valence electrons. The van der Waals surface area contributed by atoms with E-state index in [4.69, 9.17) is 4.57 Å². The molecule has 0 aromatic heterocycles. The molecule has 0 aromatic carbocycles. The molecule has 0 aliphatic heterocycles. The van der Waals surface area contributed by atoms with Crippen LogP contribution >= 0.6 is 8.07 Å². The Hall–Kier alpha value is -0.0200. The van der Waals surface area contributed by atoms with Crippen LogP contribution in [-0.4, -0.2) is 32.7 Å². The van der Waals surface area contributed by atoms with Crippen molar-refractivity contribution in [1.82, 2.24) is 0 Å². The molecule has 10 heavy (non-hydrogen) atoms. The number of halogens is 3. The van der Waals surface area contributed by atoms with Crippen molar-refractivity contribution < 1.29 is 21.6 Å². The lowest BCUT2D eigenvalue weighted by molar-refractivity contribution is -0.849. The lowest BCUT2D eigenvalue weighted by Crippen LogP contribution is -2.27. The maximum atomic E-state index is 9.91. The second-order valence-corrected chi connectivity index (χ2v) is 3.88. The molecular weight excluding hydrogens is 166 g/mol. The fourth-order valence-electron chi connectivity index (χ4n) is 0. The van der Waals surface area contributed by atoms with Gasteiger partial charge in [-0.25, -0.2) is 4.57 Å². The molecular formula is C4H12F3NOP+. The van der Waals surface area contributed by atoms with Crippen molar-refractivity contribution in [2.24, 2.45) is 0 Å². The van der Waals surface area contributed by atoms with Crippen LogP contribution in [0.3, 0.4) is 0 Å². The van der Waals surface area contributed by atoms with E-state index in [0.29, 0.717) is 0 Å². The Balaban J connectivity index is 0. The molecule has 0 saturated carbocycles. The minimum absolute atomic E-state index is 1.00. The van der Waals surface area contributed by atoms with Crippen molar-refractivity contribution in [3.8, 4) is 0 Å². The van der Waals surface area contributed by atoms with Crippen LogP contribution in [0.2, 0.25) is 0 Å². The van der Waals surface area contributed by atoms with E-state index in [-0.39, 0.29) is 0 Å². The number of hydrogen-bond donors (Lipinski definition) is 0. The summed E-state index contributed by atoms with van der Waals surface area (Å²) in [4.78, 5) is 0. The first-order valence-electron chi connectivity index (χ1n) is 2.48. The molecule has 0 rings (SSSR count). The van der Waals surface area contributed by atoms with Gasteiger partial charge >= 0.3 is 8.07 Å². The molecule has 0 atom stereocenters. The summed E-state index contributed by atoms with van der Waals surface area (Å²) >= 11 is 0. The molecule has 0 unspecified atom stereocenters. The zero-order valence-corrected chi connectivity index (χ0v) is 7.33. The minimum atomic E-state index is -6.14. The Morgan fingerprint density at radius 3 is 1.00 bits per heavy atom. The fraction of sp³-hybridized carbons (Fsp3) is 1.00. The Labute approximate surface area is 59.0 Å². The van der Waals surface area contributed by atoms with Gasteiger partial charge in [0.25, 0.3) is 0 Å². The van der Waals surface area contributed by atoms with Crippen molar-refractivity contribution in [2.45, 2.75) is 0 Å². The summed E-state index contributed by atoms with van der Waals surface area (Å²) in [5, 5.41) is 0. The van der Waals surface area contributed by atoms with E-state index in [2.05, 4.69) is 28.2 Å². The third-order valence-electron chi connectivity index (χ3n) is 0. The van der Waals surface area contributed by atoms with E-state index < -0.39 is 8.07 Å². The van der Waals surface area contributed by atoms with Crippen molar-refractivity contribution in [3.05, 3.63) is 0 Å². The topological polar surface area (TPSA) is 17.1 Å². The Kier molecular flexibility index (Phi) is 5.04. The molecule has 0 aliphatic rings. The Morgan fingerprint density at radius 2 is 1.00 bits per heavy atom. The highest BCUT2D eigenvalue weighted by molar-refractivity contribution is 7.47. The lowest BCUT2D eigenvalue weighted by atomic mass is 10.8. The van der Waals surface area contributed by atoms with Crippen LogP contribution in [0, 0.1) is 0 Å². The van der Waals surface area contributed by atoms with Crippen LogP contribution in [0.15, 0.2) is 0 Å². The van der Waals surface area contributed by atoms with E-state index in [0.717, 1.165) is 4.48 Å². The van der Waals surface area contributed by atoms with E-state index in [1.165, 1.54) is 0 Å². The Morgan fingerprint density at radius 1 is 1.00 bits per heavy atom. The van der Waals surface area contributed by atoms with Crippen molar-refractivity contribution in [3.63, 3.8) is 0 Å². The molecule has 0 aromatic rings. The molecule has 0 bridgehead atoms. The molecule has 0 amide bonds. The van der Waals surface area contributed by atoms with Crippen LogP contribution in [0.5, 0.6) is 0 Å². The molecule has 0 radical (unpaired) electrons. The summed E-state index contributed by atoms with van der Waals surface area (Å²) in [6.45, 7) is 0. The van der Waals surface area contributed by atoms with Gasteiger partial charge in [0.15, 0.2) is 0 Å². The monoisotopic (exact) mass is 178 g/mol. The first-order chi connectivity index (χ1) is 4.00. The summed E-state index contributed by atoms with van der Waals surface area (Å²) in [5.74, 6) is 0. The quantitative estimate of drug-likeness (QED) is 0.411. The van der Waals surface area contributed by atoms with Gasteiger partial charge in [-0.3, -0.25) is 0 Å². The summed E-state index contributed by atoms with van der Waals surface area (Å²) in [6, 6.07) is 0. The zero-order chi connectivity index (χ0) is 9.00. The number of nitrogens with zero attached hydrogens (tertiary/aromatic N) is 1. The van der Waals surface area contributed by atoms with Gasteiger partial charge in [-0.1, -0.05) is 0 Å². The zero-order valence-electron chi connectivity index (χ0n) is 6.44. The van der Waals surface area contributed by atoms with E-state index in [9.17, 15) is 12.6 Å². The summed E-state index contributed by atoms with van der Waals surface area (Å²) in [5.41, 5.74) is 0. The van der Waals surface area contributed by atoms with Gasteiger partial charge < -0.3 is 4.48 Å². The molecule has 0 aliphatic carbocycles. The second kappa shape index (κ2) is 3.98. The van der Waals surface area contributed by atoms with Gasteiger partial charge in [0.1, 0.15) is 0 Å². The first kappa shape index (κ1) is 12.6. The van der Waals surface area contributed by atoms with Crippen molar-refractivity contribution >= 4 is 8.07 Å². The predicted octanol–water partition coefficient (Wildman–Crippen LogP) is 2.33. The molecule has 2 nitrogen and oxygen atoms in total. The maximum Gasteiger partial charge on any atom is 0.591 e. The van der Waals surface area contributed by atoms with Crippen molar-refractivity contribution in [1.29, 1.82) is 0 Å². The average molecular weight is 178 g/mol. The first-order valence-corrected chi connectivity index (χ1v) is 3.86. The van der Waals surface area contributed by atoms with Gasteiger partial charge in [0, 0.05) is 0 Å². The van der Waals surface area contributed by atoms with Crippen LogP contribution in [0.1, 0.15) is 0 Å². The van der Waals surface area contributed by atoms with Gasteiger partial charge in [-0.2, -0.15) is 0 Å². The third kappa shape index (κ3) is 972000. The summed E-state index contributed by atoms with van der Waals surface area (Å²) in [7, 11) is 2.36. The summed E-state index contributed by atoms with van der Waals surface area (Å²) in [6.07, 6.45) is 0. The number of quaternary nitrogens is 1. The smallest absolute Gasteiger partial charge is 0.333 e. The van der Waals surface area contributed by atoms with Gasteiger partial charge in [0.05, 0.1) is 28.2 Å². The predicted molar refractivity (Wildman–Crippen MR) is 34.9 cm³/mol. The van der Waals surface area contributed by atoms with Crippen molar-refractivity contribution in [2.75, 3.05) is 28.2 Å². The average Bonchev–Trinajstić information content (AvgIpc) is 1.12. The molecule has 0 heterocycles. The minimum Gasteiger partial charge on any atom is -0.333 e. The van der Waals surface area contributed by atoms with Gasteiger partial charge in [0.2, 0.25) is 0 Å². The normalized spacial score (nSPS) is 11.9. The second-order valence-electron chi connectivity index (χ2n) is 3.08. The van der Waals surface area contributed by atoms with Crippen LogP contribution in [0.4, 0.5) is 12.6 Å². The Bertz CT molecular complexity index is 113. The fourth-order valence-corrected chi connectivity index (χ4v) is 0. The van der Waals surface area contributed by atoms with E-state index in [1.54, 1.807) is 0 Å². The molecule has 0 fully saturated rings. The maximum absolute atomic E-state index is 9.91. The third-order valence-corrected chi connectivity index (χ3v) is 0. The highest BCUT2D eigenvalue weighted by Crippen LogP contribution is 2.50. The summed E-state index contributed by atoms with van der Waals surface area (Å²) < 4.78 is 38.9. The van der Waals surface area contributed by atoms with Crippen LogP contribution in [-0.2, 0) is 4.57 Å². The van der Waals surface area contributed by atoms with Crippen LogP contribution < -0.4 is 0 Å². The lowest BCUT2D eigenvalue weighted by Gasteiger charge is -2.14. The highest BCUT2D eigenvalue weighted by Gasteiger charge is 2.13. The number of hydrogen-bond acceptors (Lipinski definition) is 1. The molecule has 0 spiro atoms. The number of rotatable bonds is 0. The molecule has 0 N–H and O–H groups in total. The molecule has 0 saturated heterocycles. The van der Waals surface area contributed by atoms with E-state index in [1.807, 2.05) is 0 Å². The van der Waals surface area contributed by atoms with Crippen LogP contribution in [0.25, 0.3) is 0 Å². The SMILES string of the molecule is C[N+](C)(C)C.O=P(F)(F)F. The van der Waals surface area contributed by atoms with E-state index >= 15 is 0 Å². The molecule has 6 heteroatoms.